The highest BCUT2D eigenvalue weighted by Crippen LogP contribution is 2.54. The number of phenolic OH excluding ortho intramolecular Hbond substituents is 1. The van der Waals surface area contributed by atoms with Gasteiger partial charge in [0.1, 0.15) is 40.2 Å². The number of hydrogen-bond acceptors (Lipinski definition) is 12. The first-order valence-corrected chi connectivity index (χ1v) is 27.7. The standard InChI is InChI=1S/C58H67F4N9O4/c1-2-40-44(59)7-3-34-23-39(72)26-42(48(34)40)51-50(62)52-43(29-63-51)53(71-30-35-4-5-36(31-71)64-35)67-55(66-52)75-33-58(9-10-58)32-68-17-11-56(12-18-68)13-19-70(20-14-56)38-27-57(28-38)15-21-69(22-16-57)37-24-45(60)49(46(61)25-37)41-6-8-47(73)65-54(41)74/h3,7,23-26,29,35-36,38,41,64,72H,2,4-6,8-22,27-28,30-33H2,1H3,(H,65,73,74). The molecule has 2 aromatic heterocycles. The van der Waals surface area contributed by atoms with Crippen molar-refractivity contribution < 1.29 is 37.0 Å². The number of carbonyl (C=O) groups excluding carboxylic acids is 2. The summed E-state index contributed by atoms with van der Waals surface area (Å²) in [6.07, 6.45) is 15.6. The van der Waals surface area contributed by atoms with Crippen LogP contribution in [0.3, 0.4) is 0 Å². The maximum Gasteiger partial charge on any atom is 0.319 e. The first-order valence-electron chi connectivity index (χ1n) is 27.7. The molecule has 13 nitrogen and oxygen atoms in total. The molecule has 3 aromatic carbocycles. The number of aromatic hydroxyl groups is 1. The number of nitrogens with one attached hydrogen (secondary N) is 2. The van der Waals surface area contributed by atoms with E-state index in [2.05, 4.69) is 35.2 Å². The number of hydrogen-bond donors (Lipinski definition) is 3. The van der Waals surface area contributed by atoms with Crippen molar-refractivity contribution in [3.8, 4) is 23.0 Å². The maximum atomic E-state index is 17.2. The minimum atomic E-state index is -0.997. The number of anilines is 2. The first-order chi connectivity index (χ1) is 36.2. The third-order valence-corrected chi connectivity index (χ3v) is 19.4. The van der Waals surface area contributed by atoms with E-state index in [9.17, 15) is 14.7 Å². The molecular weight excluding hydrogens is 963 g/mol. The molecule has 8 aliphatic rings. The summed E-state index contributed by atoms with van der Waals surface area (Å²) in [6.45, 7) is 10.6. The SMILES string of the molecule is CCc1c(F)ccc2cc(O)cc(-c3ncc4c(N5CC6CCC(C5)N6)nc(OCC5(CN6CCC7(CC6)CCN(C6CC8(CCN(c9cc(F)c(C%10CCC(=O)NC%10=O)c(F)c9)CC8)C6)CC7)CC5)nc4c3F)c12. The second-order valence-electron chi connectivity index (χ2n) is 24.0. The van der Waals surface area contributed by atoms with Crippen molar-refractivity contribution in [2.24, 2.45) is 16.2 Å². The molecule has 6 aliphatic heterocycles. The van der Waals surface area contributed by atoms with Crippen molar-refractivity contribution in [2.45, 2.75) is 127 Å². The van der Waals surface area contributed by atoms with E-state index in [1.807, 2.05) is 6.92 Å². The predicted octanol–water partition coefficient (Wildman–Crippen LogP) is 8.92. The average Bonchev–Trinajstić information content (AvgIpc) is 4.09. The number of carbonyl (C=O) groups is 2. The van der Waals surface area contributed by atoms with Gasteiger partial charge in [-0.1, -0.05) is 13.0 Å². The molecular formula is C58H67F4N9O4. The Labute approximate surface area is 434 Å². The summed E-state index contributed by atoms with van der Waals surface area (Å²) in [6, 6.07) is 10.1. The van der Waals surface area contributed by atoms with E-state index in [0.29, 0.717) is 75.4 Å². The van der Waals surface area contributed by atoms with Crippen LogP contribution in [0.5, 0.6) is 11.8 Å². The zero-order chi connectivity index (χ0) is 51.4. The molecule has 2 saturated carbocycles. The van der Waals surface area contributed by atoms with E-state index in [1.165, 1.54) is 62.8 Å². The van der Waals surface area contributed by atoms with Gasteiger partial charge in [0.05, 0.1) is 17.9 Å². The molecule has 3 unspecified atom stereocenters. The Hall–Kier alpha value is -5.65. The van der Waals surface area contributed by atoms with Gasteiger partial charge >= 0.3 is 6.01 Å². The smallest absolute Gasteiger partial charge is 0.319 e. The number of imide groups is 1. The van der Waals surface area contributed by atoms with Gasteiger partial charge in [0.2, 0.25) is 11.8 Å². The normalized spacial score (nSPS) is 25.6. The molecule has 8 heterocycles. The van der Waals surface area contributed by atoms with Crippen LogP contribution in [-0.4, -0.2) is 125 Å². The zero-order valence-corrected chi connectivity index (χ0v) is 42.8. The number of aromatic nitrogens is 3. The van der Waals surface area contributed by atoms with E-state index in [4.69, 9.17) is 14.7 Å². The van der Waals surface area contributed by atoms with Crippen molar-refractivity contribution in [1.29, 1.82) is 0 Å². The predicted molar refractivity (Wildman–Crippen MR) is 278 cm³/mol. The fourth-order valence-electron chi connectivity index (χ4n) is 14.7. The summed E-state index contributed by atoms with van der Waals surface area (Å²) >= 11 is 0. The minimum absolute atomic E-state index is 0.00724. The number of phenols is 1. The molecule has 13 rings (SSSR count). The first kappa shape index (κ1) is 49.0. The molecule has 3 N–H and O–H groups in total. The molecule has 2 spiro atoms. The summed E-state index contributed by atoms with van der Waals surface area (Å²) in [5.41, 5.74) is 1.74. The van der Waals surface area contributed by atoms with Crippen LogP contribution < -0.4 is 25.2 Å². The molecule has 2 amide bonds. The Morgan fingerprint density at radius 2 is 1.48 bits per heavy atom. The van der Waals surface area contributed by atoms with Crippen molar-refractivity contribution in [1.82, 2.24) is 35.4 Å². The quantitative estimate of drug-likeness (QED) is 0.0861. The number of fused-ring (bicyclic) bond motifs is 4. The van der Waals surface area contributed by atoms with Gasteiger partial charge < -0.3 is 34.8 Å². The number of pyridine rings is 1. The number of nitrogens with zero attached hydrogens (tertiary/aromatic N) is 7. The summed E-state index contributed by atoms with van der Waals surface area (Å²) in [4.78, 5) is 48.1. The molecule has 75 heavy (non-hydrogen) atoms. The Morgan fingerprint density at radius 3 is 2.16 bits per heavy atom. The third kappa shape index (κ3) is 9.05. The van der Waals surface area contributed by atoms with Gasteiger partial charge in [-0.3, -0.25) is 19.9 Å². The lowest BCUT2D eigenvalue weighted by molar-refractivity contribution is -0.134. The van der Waals surface area contributed by atoms with Crippen molar-refractivity contribution in [3.05, 3.63) is 77.0 Å². The number of piperidine rings is 4. The summed E-state index contributed by atoms with van der Waals surface area (Å²) in [5, 5.41) is 18.3. The van der Waals surface area contributed by atoms with E-state index in [0.717, 1.165) is 97.4 Å². The largest absolute Gasteiger partial charge is 0.508 e. The Kier molecular flexibility index (Phi) is 12.3. The third-order valence-electron chi connectivity index (χ3n) is 19.4. The molecule has 8 fully saturated rings. The van der Waals surface area contributed by atoms with Gasteiger partial charge in [-0.2, -0.15) is 9.97 Å². The lowest BCUT2D eigenvalue weighted by Gasteiger charge is -2.57. The van der Waals surface area contributed by atoms with Crippen LogP contribution in [0.15, 0.2) is 42.6 Å². The van der Waals surface area contributed by atoms with Crippen LogP contribution in [0.4, 0.5) is 29.1 Å². The number of rotatable bonds is 11. The van der Waals surface area contributed by atoms with Crippen LogP contribution in [-0.2, 0) is 16.0 Å². The zero-order valence-electron chi connectivity index (χ0n) is 42.8. The number of piperazine rings is 1. The molecule has 396 valence electrons. The average molecular weight is 1030 g/mol. The second kappa shape index (κ2) is 18.8. The fraction of sp³-hybridized carbons (Fsp3) is 0.569. The van der Waals surface area contributed by atoms with Crippen LogP contribution >= 0.6 is 0 Å². The highest BCUT2D eigenvalue weighted by molar-refractivity contribution is 6.02. The number of halogens is 4. The summed E-state index contributed by atoms with van der Waals surface area (Å²) in [5.74, 6) is -4.00. The molecule has 6 saturated heterocycles. The topological polar surface area (TPSA) is 139 Å². The molecule has 0 radical (unpaired) electrons. The lowest BCUT2D eigenvalue weighted by Crippen LogP contribution is -2.58. The summed E-state index contributed by atoms with van der Waals surface area (Å²) in [7, 11) is 0. The Balaban J connectivity index is 0.625. The van der Waals surface area contributed by atoms with Crippen LogP contribution in [0, 0.1) is 39.5 Å². The summed E-state index contributed by atoms with van der Waals surface area (Å²) < 4.78 is 69.7. The van der Waals surface area contributed by atoms with Gasteiger partial charge in [-0.15, -0.1) is 0 Å². The van der Waals surface area contributed by atoms with Gasteiger partial charge in [0.15, 0.2) is 5.82 Å². The van der Waals surface area contributed by atoms with Gasteiger partial charge in [-0.05, 0) is 174 Å². The number of ether oxygens (including phenoxy) is 1. The molecule has 17 heteroatoms. The van der Waals surface area contributed by atoms with Gasteiger partial charge in [0.25, 0.3) is 0 Å². The lowest BCUT2D eigenvalue weighted by atomic mass is 9.59. The van der Waals surface area contributed by atoms with Gasteiger partial charge in [0, 0.05) is 85.7 Å². The Morgan fingerprint density at radius 1 is 0.787 bits per heavy atom. The van der Waals surface area contributed by atoms with E-state index in [1.54, 1.807) is 18.3 Å². The molecule has 5 aromatic rings. The number of amides is 2. The van der Waals surface area contributed by atoms with Crippen LogP contribution in [0.1, 0.15) is 114 Å². The second-order valence-corrected chi connectivity index (χ2v) is 24.0. The molecule has 2 bridgehead atoms. The van der Waals surface area contributed by atoms with Crippen LogP contribution in [0.2, 0.25) is 0 Å². The minimum Gasteiger partial charge on any atom is -0.508 e. The van der Waals surface area contributed by atoms with Crippen molar-refractivity contribution in [2.75, 3.05) is 75.3 Å². The van der Waals surface area contributed by atoms with Crippen molar-refractivity contribution in [3.63, 3.8) is 0 Å². The number of aryl methyl sites for hydroxylation is 1. The number of benzene rings is 3. The monoisotopic (exact) mass is 1030 g/mol. The van der Waals surface area contributed by atoms with Gasteiger partial charge in [-0.25, -0.2) is 17.6 Å². The van der Waals surface area contributed by atoms with E-state index in [-0.39, 0.29) is 58.0 Å². The fourth-order valence-corrected chi connectivity index (χ4v) is 14.7. The van der Waals surface area contributed by atoms with Crippen LogP contribution in [0.25, 0.3) is 32.9 Å². The van der Waals surface area contributed by atoms with E-state index < -0.39 is 35.2 Å². The maximum absolute atomic E-state index is 17.2. The Bertz CT molecular complexity index is 3050. The number of likely N-dealkylation sites (tertiary alicyclic amines) is 2. The highest BCUT2D eigenvalue weighted by Gasteiger charge is 2.51. The molecule has 3 atom stereocenters. The highest BCUT2D eigenvalue weighted by atomic mass is 19.1. The van der Waals surface area contributed by atoms with Crippen molar-refractivity contribution >= 4 is 45.0 Å². The van der Waals surface area contributed by atoms with E-state index >= 15 is 17.6 Å². The molecule has 2 aliphatic carbocycles.